The van der Waals surface area contributed by atoms with Crippen molar-refractivity contribution in [2.45, 2.75) is 32.6 Å². The van der Waals surface area contributed by atoms with Crippen LogP contribution in [0.5, 0.6) is 11.5 Å². The SMILES string of the molecule is C#CCOc1ccc(C=Nc2sc3c(c2C#N)CCCC3)cc1OCC. The van der Waals surface area contributed by atoms with Gasteiger partial charge in [-0.3, -0.25) is 0 Å². The van der Waals surface area contributed by atoms with E-state index in [1.807, 2.05) is 25.1 Å². The molecule has 4 nitrogen and oxygen atoms in total. The fourth-order valence-corrected chi connectivity index (χ4v) is 4.19. The zero-order chi connectivity index (χ0) is 18.4. The normalized spacial score (nSPS) is 13.0. The zero-order valence-electron chi connectivity index (χ0n) is 14.7. The number of ether oxygens (including phenoxy) is 2. The van der Waals surface area contributed by atoms with Crippen molar-refractivity contribution in [2.75, 3.05) is 13.2 Å². The van der Waals surface area contributed by atoms with Crippen molar-refractivity contribution in [2.24, 2.45) is 4.99 Å². The maximum atomic E-state index is 9.52. The van der Waals surface area contributed by atoms with Crippen LogP contribution in [0.2, 0.25) is 0 Å². The van der Waals surface area contributed by atoms with Gasteiger partial charge in [0, 0.05) is 11.1 Å². The van der Waals surface area contributed by atoms with Gasteiger partial charge in [0.2, 0.25) is 0 Å². The lowest BCUT2D eigenvalue weighted by atomic mass is 9.96. The molecule has 0 radical (unpaired) electrons. The largest absolute Gasteiger partial charge is 0.490 e. The van der Waals surface area contributed by atoms with Gasteiger partial charge in [-0.05, 0) is 61.9 Å². The third kappa shape index (κ3) is 3.90. The Balaban J connectivity index is 1.87. The molecule has 1 aliphatic rings. The number of nitriles is 1. The van der Waals surface area contributed by atoms with Crippen molar-refractivity contribution in [3.05, 3.63) is 39.8 Å². The Morgan fingerprint density at radius 2 is 2.12 bits per heavy atom. The smallest absolute Gasteiger partial charge is 0.162 e. The van der Waals surface area contributed by atoms with Gasteiger partial charge in [-0.2, -0.15) is 5.26 Å². The second kappa shape index (κ2) is 8.56. The summed E-state index contributed by atoms with van der Waals surface area (Å²) in [6.45, 7) is 2.64. The van der Waals surface area contributed by atoms with E-state index in [1.165, 1.54) is 16.9 Å². The van der Waals surface area contributed by atoms with Crippen LogP contribution in [-0.2, 0) is 12.8 Å². The number of aryl methyl sites for hydroxylation is 1. The summed E-state index contributed by atoms with van der Waals surface area (Å²) in [5, 5.41) is 10.3. The van der Waals surface area contributed by atoms with Crippen molar-refractivity contribution in [1.29, 1.82) is 5.26 Å². The minimum absolute atomic E-state index is 0.194. The number of aliphatic imine (C=N–C) groups is 1. The van der Waals surface area contributed by atoms with Crippen molar-refractivity contribution in [3.8, 4) is 29.9 Å². The van der Waals surface area contributed by atoms with Crippen LogP contribution in [0.3, 0.4) is 0 Å². The minimum Gasteiger partial charge on any atom is -0.490 e. The van der Waals surface area contributed by atoms with E-state index < -0.39 is 0 Å². The van der Waals surface area contributed by atoms with E-state index in [-0.39, 0.29) is 6.61 Å². The average molecular weight is 364 g/mol. The molecule has 3 rings (SSSR count). The van der Waals surface area contributed by atoms with E-state index in [4.69, 9.17) is 15.9 Å². The molecule has 0 aliphatic heterocycles. The first-order chi connectivity index (χ1) is 12.8. The van der Waals surface area contributed by atoms with Gasteiger partial charge in [0.1, 0.15) is 17.7 Å². The van der Waals surface area contributed by atoms with Gasteiger partial charge in [-0.25, -0.2) is 4.99 Å². The van der Waals surface area contributed by atoms with Crippen LogP contribution in [0.1, 0.15) is 41.3 Å². The van der Waals surface area contributed by atoms with Gasteiger partial charge in [-0.1, -0.05) is 5.92 Å². The van der Waals surface area contributed by atoms with E-state index >= 15 is 0 Å². The number of terminal acetylenes is 1. The predicted molar refractivity (Wildman–Crippen MR) is 105 cm³/mol. The van der Waals surface area contributed by atoms with Crippen LogP contribution in [0.15, 0.2) is 23.2 Å². The molecule has 0 saturated heterocycles. The highest BCUT2D eigenvalue weighted by atomic mass is 32.1. The number of rotatable bonds is 6. The fraction of sp³-hybridized carbons (Fsp3) is 0.333. The molecule has 1 aromatic heterocycles. The molecular weight excluding hydrogens is 344 g/mol. The molecule has 2 aromatic rings. The Labute approximate surface area is 158 Å². The summed E-state index contributed by atoms with van der Waals surface area (Å²) in [5.41, 5.74) is 2.82. The number of hydrogen-bond donors (Lipinski definition) is 0. The second-order valence-electron chi connectivity index (χ2n) is 5.89. The predicted octanol–water partition coefficient (Wildman–Crippen LogP) is 4.66. The molecule has 0 unspecified atom stereocenters. The molecule has 1 heterocycles. The van der Waals surface area contributed by atoms with Gasteiger partial charge >= 0.3 is 0 Å². The molecule has 132 valence electrons. The lowest BCUT2D eigenvalue weighted by Crippen LogP contribution is -2.00. The first-order valence-corrected chi connectivity index (χ1v) is 9.50. The van der Waals surface area contributed by atoms with Crippen LogP contribution < -0.4 is 9.47 Å². The monoisotopic (exact) mass is 364 g/mol. The van der Waals surface area contributed by atoms with Crippen LogP contribution in [0.25, 0.3) is 0 Å². The number of hydrogen-bond acceptors (Lipinski definition) is 5. The molecule has 0 saturated carbocycles. The average Bonchev–Trinajstić information content (AvgIpc) is 3.03. The Morgan fingerprint density at radius 1 is 1.27 bits per heavy atom. The molecule has 1 aromatic carbocycles. The Hall–Kier alpha value is -2.76. The third-order valence-corrected chi connectivity index (χ3v) is 5.37. The van der Waals surface area contributed by atoms with Crippen LogP contribution >= 0.6 is 11.3 Å². The summed E-state index contributed by atoms with van der Waals surface area (Å²) in [4.78, 5) is 5.90. The van der Waals surface area contributed by atoms with E-state index in [0.29, 0.717) is 18.1 Å². The number of thiophene rings is 1. The summed E-state index contributed by atoms with van der Waals surface area (Å²) in [6, 6.07) is 7.94. The minimum atomic E-state index is 0.194. The number of fused-ring (bicyclic) bond motifs is 1. The van der Waals surface area contributed by atoms with E-state index in [9.17, 15) is 5.26 Å². The van der Waals surface area contributed by atoms with Crippen molar-refractivity contribution in [1.82, 2.24) is 0 Å². The maximum absolute atomic E-state index is 9.52. The molecule has 5 heteroatoms. The van der Waals surface area contributed by atoms with Crippen molar-refractivity contribution >= 4 is 22.6 Å². The first-order valence-electron chi connectivity index (χ1n) is 8.68. The molecule has 0 amide bonds. The second-order valence-corrected chi connectivity index (χ2v) is 6.98. The summed E-state index contributed by atoms with van der Waals surface area (Å²) < 4.78 is 11.1. The molecule has 0 bridgehead atoms. The van der Waals surface area contributed by atoms with Crippen LogP contribution in [0.4, 0.5) is 5.00 Å². The Morgan fingerprint density at radius 3 is 2.88 bits per heavy atom. The quantitative estimate of drug-likeness (QED) is 0.553. The summed E-state index contributed by atoms with van der Waals surface area (Å²) in [6.07, 6.45) is 11.4. The van der Waals surface area contributed by atoms with Crippen LogP contribution in [0, 0.1) is 23.7 Å². The summed E-state index contributed by atoms with van der Waals surface area (Å²) >= 11 is 1.64. The molecule has 26 heavy (non-hydrogen) atoms. The highest BCUT2D eigenvalue weighted by Gasteiger charge is 2.20. The van der Waals surface area contributed by atoms with E-state index in [1.54, 1.807) is 17.6 Å². The highest BCUT2D eigenvalue weighted by molar-refractivity contribution is 7.16. The topological polar surface area (TPSA) is 54.6 Å². The number of nitrogens with zero attached hydrogens (tertiary/aromatic N) is 2. The fourth-order valence-electron chi connectivity index (χ4n) is 3.00. The molecule has 0 spiro atoms. The van der Waals surface area contributed by atoms with Crippen LogP contribution in [-0.4, -0.2) is 19.4 Å². The zero-order valence-corrected chi connectivity index (χ0v) is 15.6. The molecule has 0 atom stereocenters. The lowest BCUT2D eigenvalue weighted by Gasteiger charge is -2.10. The van der Waals surface area contributed by atoms with E-state index in [2.05, 4.69) is 17.0 Å². The molecule has 0 N–H and O–H groups in total. The highest BCUT2D eigenvalue weighted by Crippen LogP contribution is 2.39. The number of benzene rings is 1. The van der Waals surface area contributed by atoms with Crippen molar-refractivity contribution in [3.63, 3.8) is 0 Å². The van der Waals surface area contributed by atoms with Gasteiger partial charge in [0.15, 0.2) is 11.5 Å². The van der Waals surface area contributed by atoms with Gasteiger partial charge in [0.25, 0.3) is 0 Å². The molecular formula is C21H20N2O2S. The van der Waals surface area contributed by atoms with Gasteiger partial charge < -0.3 is 9.47 Å². The summed E-state index contributed by atoms with van der Waals surface area (Å²) in [5.74, 6) is 3.70. The maximum Gasteiger partial charge on any atom is 0.162 e. The lowest BCUT2D eigenvalue weighted by molar-refractivity contribution is 0.299. The Kier molecular flexibility index (Phi) is 5.94. The van der Waals surface area contributed by atoms with Gasteiger partial charge in [-0.15, -0.1) is 17.8 Å². The first kappa shape index (κ1) is 18.0. The molecule has 1 aliphatic carbocycles. The van der Waals surface area contributed by atoms with Gasteiger partial charge in [0.05, 0.1) is 12.2 Å². The standard InChI is InChI=1S/C21H20N2O2S/c1-3-11-25-18-10-9-15(12-19(18)24-4-2)14-23-21-17(13-22)16-7-5-6-8-20(16)26-21/h1,9-10,12,14H,4-8,11H2,2H3. The molecule has 0 fully saturated rings. The van der Waals surface area contributed by atoms with Crippen molar-refractivity contribution < 1.29 is 9.47 Å². The summed E-state index contributed by atoms with van der Waals surface area (Å²) in [7, 11) is 0. The Bertz CT molecular complexity index is 900. The van der Waals surface area contributed by atoms with E-state index in [0.717, 1.165) is 35.4 Å². The third-order valence-electron chi connectivity index (χ3n) is 4.17.